The van der Waals surface area contributed by atoms with Gasteiger partial charge in [0.1, 0.15) is 0 Å². The van der Waals surface area contributed by atoms with Crippen LogP contribution >= 0.6 is 93.1 Å². The highest BCUT2D eigenvalue weighted by Crippen LogP contribution is 2.43. The summed E-state index contributed by atoms with van der Waals surface area (Å²) in [4.78, 5) is 3.91. The molecule has 7 aromatic carbocycles. The molecule has 0 bridgehead atoms. The lowest BCUT2D eigenvalue weighted by molar-refractivity contribution is 0.00578. The van der Waals surface area contributed by atoms with E-state index in [9.17, 15) is 0 Å². The van der Waals surface area contributed by atoms with Gasteiger partial charge in [0.2, 0.25) is 0 Å². The molecule has 4 aromatic heterocycles. The Morgan fingerprint density at radius 2 is 0.769 bits per heavy atom. The summed E-state index contributed by atoms with van der Waals surface area (Å²) < 4.78 is 17.1. The molecule has 78 heavy (non-hydrogen) atoms. The molecule has 394 valence electrons. The summed E-state index contributed by atoms with van der Waals surface area (Å²) in [5.41, 5.74) is 11.2. The number of rotatable bonds is 8. The summed E-state index contributed by atoms with van der Waals surface area (Å²) >= 11 is 17.3. The summed E-state index contributed by atoms with van der Waals surface area (Å²) in [6.07, 6.45) is 0. The van der Waals surface area contributed by atoms with Crippen LogP contribution in [0.2, 0.25) is 0 Å². The first-order chi connectivity index (χ1) is 37.3. The first-order valence-corrected chi connectivity index (χ1v) is 30.5. The Labute approximate surface area is 502 Å². The summed E-state index contributed by atoms with van der Waals surface area (Å²) in [6, 6.07) is 80.5. The van der Waals surface area contributed by atoms with E-state index in [1.165, 1.54) is 68.5 Å². The highest BCUT2D eigenvalue weighted by atomic mass is 79.9. The third-order valence-electron chi connectivity index (χ3n) is 12.6. The zero-order valence-corrected chi connectivity index (χ0v) is 50.8. The van der Waals surface area contributed by atoms with E-state index in [1.54, 1.807) is 69.6 Å². The van der Waals surface area contributed by atoms with E-state index in [0.29, 0.717) is 5.46 Å². The largest absolute Gasteiger partial charge is 0.505 e. The van der Waals surface area contributed by atoms with Crippen molar-refractivity contribution in [1.82, 2.24) is 0 Å². The molecule has 0 atom stereocenters. The third-order valence-corrected chi connectivity index (χ3v) is 19.6. The smallest absolute Gasteiger partial charge is 0.423 e. The van der Waals surface area contributed by atoms with Gasteiger partial charge in [-0.2, -0.15) is 0 Å². The van der Waals surface area contributed by atoms with Crippen molar-refractivity contribution in [1.29, 1.82) is 0 Å². The lowest BCUT2D eigenvalue weighted by Gasteiger charge is -2.32. The molecule has 0 amide bonds. The third kappa shape index (κ3) is 16.2. The second-order valence-corrected chi connectivity index (χ2v) is 26.0. The van der Waals surface area contributed by atoms with E-state index in [4.69, 9.17) is 19.4 Å². The van der Waals surface area contributed by atoms with Gasteiger partial charge >= 0.3 is 14.2 Å². The first kappa shape index (κ1) is 60.4. The average molecular weight is 1290 g/mol. The van der Waals surface area contributed by atoms with E-state index in [1.807, 2.05) is 35.7 Å². The first-order valence-electron chi connectivity index (χ1n) is 24.8. The van der Waals surface area contributed by atoms with Crippen LogP contribution < -0.4 is 10.2 Å². The van der Waals surface area contributed by atoms with Crippen molar-refractivity contribution >= 4 is 118 Å². The Hall–Kier alpha value is -5.25. The molecule has 0 radical (unpaired) electrons. The molecule has 1 fully saturated rings. The molecule has 5 heterocycles. The Morgan fingerprint density at radius 1 is 0.410 bits per heavy atom. The fourth-order valence-corrected chi connectivity index (χ4v) is 13.2. The van der Waals surface area contributed by atoms with Crippen LogP contribution in [0, 0.1) is 0 Å². The molecule has 12 rings (SSSR count). The lowest BCUT2D eigenvalue weighted by Crippen LogP contribution is -2.41. The van der Waals surface area contributed by atoms with Gasteiger partial charge in [0.25, 0.3) is 0 Å². The second-order valence-electron chi connectivity index (χ2n) is 18.5. The van der Waals surface area contributed by atoms with Crippen LogP contribution in [0.4, 0.5) is 0 Å². The highest BCUT2D eigenvalue weighted by Gasteiger charge is 2.52. The molecule has 1 aliphatic heterocycles. The molecule has 2 N–H and O–H groups in total. The SMILES string of the molecule is Brc1cc(-c2ccccc2)c(-c2ccccc2)s1.Brc1ccsc1Br.C.CC1(C)OB(c2cc(-c3ccccc3)c(-c3ccccc3)s2)OC1(C)C.OB(O)c1ccccc1.c1ccc(-c2ccsc2-c2ccccc2)cc1. The minimum absolute atomic E-state index is 0. The van der Waals surface area contributed by atoms with Gasteiger partial charge < -0.3 is 19.4 Å². The molecule has 11 aromatic rings. The Kier molecular flexibility index (Phi) is 22.7. The molecule has 4 nitrogen and oxygen atoms in total. The van der Waals surface area contributed by atoms with E-state index in [2.05, 4.69) is 263 Å². The van der Waals surface area contributed by atoms with Gasteiger partial charge in [-0.25, -0.2) is 0 Å². The van der Waals surface area contributed by atoms with Gasteiger partial charge in [-0.15, -0.1) is 45.3 Å². The number of hydrogen-bond donors (Lipinski definition) is 2. The molecule has 0 aliphatic carbocycles. The molecular weight excluding hydrogens is 1230 g/mol. The summed E-state index contributed by atoms with van der Waals surface area (Å²) in [6.45, 7) is 8.38. The number of thiophene rings is 4. The molecule has 0 saturated carbocycles. The van der Waals surface area contributed by atoms with Crippen LogP contribution in [0.25, 0.3) is 64.7 Å². The molecule has 1 aliphatic rings. The van der Waals surface area contributed by atoms with Crippen molar-refractivity contribution < 1.29 is 19.4 Å². The Bertz CT molecular complexity index is 3280. The maximum absolute atomic E-state index is 8.58. The van der Waals surface area contributed by atoms with Crippen molar-refractivity contribution in [3.8, 4) is 64.7 Å². The second kappa shape index (κ2) is 29.3. The van der Waals surface area contributed by atoms with Crippen LogP contribution in [0.15, 0.2) is 259 Å². The minimum Gasteiger partial charge on any atom is -0.423 e. The summed E-state index contributed by atoms with van der Waals surface area (Å²) in [5, 5.41) is 21.3. The maximum Gasteiger partial charge on any atom is 0.505 e. The van der Waals surface area contributed by atoms with Gasteiger partial charge in [-0.3, -0.25) is 0 Å². The maximum atomic E-state index is 8.58. The van der Waals surface area contributed by atoms with Crippen molar-refractivity contribution in [3.05, 3.63) is 259 Å². The van der Waals surface area contributed by atoms with Gasteiger partial charge in [-0.1, -0.05) is 220 Å². The number of halogens is 3. The molecule has 13 heteroatoms. The fraction of sp³-hybridized carbons (Fsp3) is 0.108. The quantitative estimate of drug-likeness (QED) is 0.149. The molecular formula is C65H59B2Br3O4S4. The van der Waals surface area contributed by atoms with Crippen LogP contribution in [0.3, 0.4) is 0 Å². The average Bonchev–Trinajstić information content (AvgIpc) is 4.38. The van der Waals surface area contributed by atoms with E-state index < -0.39 is 7.12 Å². The topological polar surface area (TPSA) is 58.9 Å². The zero-order chi connectivity index (χ0) is 54.2. The van der Waals surface area contributed by atoms with E-state index >= 15 is 0 Å². The molecule has 0 spiro atoms. The minimum atomic E-state index is -1.34. The monoisotopic (exact) mass is 1290 g/mol. The van der Waals surface area contributed by atoms with Crippen molar-refractivity contribution in [2.45, 2.75) is 46.3 Å². The molecule has 1 saturated heterocycles. The molecule has 0 unspecified atom stereocenters. The van der Waals surface area contributed by atoms with Crippen LogP contribution in [0.5, 0.6) is 0 Å². The fourth-order valence-electron chi connectivity index (χ4n) is 7.99. The van der Waals surface area contributed by atoms with Gasteiger partial charge in [-0.05, 0) is 155 Å². The number of hydrogen-bond acceptors (Lipinski definition) is 8. The van der Waals surface area contributed by atoms with Crippen molar-refractivity contribution in [3.63, 3.8) is 0 Å². The summed E-state index contributed by atoms with van der Waals surface area (Å²) in [7, 11) is -1.67. The van der Waals surface area contributed by atoms with Crippen LogP contribution in [-0.4, -0.2) is 35.5 Å². The highest BCUT2D eigenvalue weighted by molar-refractivity contribution is 9.13. The summed E-state index contributed by atoms with van der Waals surface area (Å²) in [5.74, 6) is 0. The van der Waals surface area contributed by atoms with Crippen molar-refractivity contribution in [2.24, 2.45) is 0 Å². The Morgan fingerprint density at radius 3 is 1.14 bits per heavy atom. The normalized spacial score (nSPS) is 12.7. The van der Waals surface area contributed by atoms with Gasteiger partial charge in [0.05, 0.1) is 18.8 Å². The van der Waals surface area contributed by atoms with E-state index in [0.717, 1.165) is 13.0 Å². The van der Waals surface area contributed by atoms with Crippen LogP contribution in [0.1, 0.15) is 35.1 Å². The predicted molar refractivity (Wildman–Crippen MR) is 352 cm³/mol. The van der Waals surface area contributed by atoms with Gasteiger partial charge in [0, 0.05) is 35.0 Å². The van der Waals surface area contributed by atoms with Crippen molar-refractivity contribution in [2.75, 3.05) is 0 Å². The number of benzene rings is 7. The Balaban J connectivity index is 0.000000150. The van der Waals surface area contributed by atoms with Crippen LogP contribution in [-0.2, 0) is 9.31 Å². The standard InChI is InChI=1S/C22H23BO2S.C16H11BrS.C16H12S.C6H7BO2.C4H2Br2S.CH4/c1-21(2)22(3,4)25-23(24-21)19-15-18(16-11-7-5-8-12-16)20(26-19)17-13-9-6-10-14-17;17-15-11-14(12-7-3-1-4-8-12)16(18-15)13-9-5-2-6-10-13;1-3-7-13(8-4-1)15-11-12-17-16(15)14-9-5-2-6-10-14;8-7(9)6-4-2-1-3-5-6;5-3-1-2-7-4(3)6;/h5-15H,1-4H3;1-11H;1-12H;1-5,8-9H;1-2H;1H4. The van der Waals surface area contributed by atoms with Gasteiger partial charge in [0.15, 0.2) is 0 Å². The lowest BCUT2D eigenvalue weighted by atomic mass is 9.81. The predicted octanol–water partition coefficient (Wildman–Crippen LogP) is 19.6. The zero-order valence-electron chi connectivity index (χ0n) is 42.8. The van der Waals surface area contributed by atoms with E-state index in [-0.39, 0.29) is 25.7 Å².